The fourth-order valence-electron chi connectivity index (χ4n) is 2.22. The summed E-state index contributed by atoms with van der Waals surface area (Å²) in [7, 11) is 0. The van der Waals surface area contributed by atoms with Crippen molar-refractivity contribution in [3.63, 3.8) is 0 Å². The van der Waals surface area contributed by atoms with Gasteiger partial charge in [-0.05, 0) is 43.0 Å². The molecule has 2 rings (SSSR count). The predicted molar refractivity (Wildman–Crippen MR) is 73.8 cm³/mol. The number of nitrogens with one attached hydrogen (secondary N) is 1. The van der Waals surface area contributed by atoms with E-state index in [2.05, 4.69) is 5.32 Å². The quantitative estimate of drug-likeness (QED) is 0.783. The van der Waals surface area contributed by atoms with E-state index in [0.717, 1.165) is 12.8 Å². The first-order valence-corrected chi connectivity index (χ1v) is 6.60. The Bertz CT molecular complexity index is 478. The topological polar surface area (TPSA) is 89.9 Å². The van der Waals surface area contributed by atoms with Gasteiger partial charge in [0.15, 0.2) is 0 Å². The number of carboxylic acid groups (broad SMARTS) is 1. The number of aliphatic hydroxyl groups is 1. The molecule has 1 saturated heterocycles. The number of carbonyl (C=O) groups is 2. The Balaban J connectivity index is 1.90. The second-order valence-electron chi connectivity index (χ2n) is 4.93. The van der Waals surface area contributed by atoms with E-state index in [9.17, 15) is 9.59 Å². The van der Waals surface area contributed by atoms with Crippen LogP contribution in [0.3, 0.4) is 0 Å². The van der Waals surface area contributed by atoms with E-state index in [1.807, 2.05) is 0 Å². The number of carbonyl (C=O) groups excluding carboxylic acids is 1. The fraction of sp³-hybridized carbons (Fsp3) is 0.429. The van der Waals surface area contributed by atoms with Gasteiger partial charge in [-0.25, -0.2) is 9.59 Å². The van der Waals surface area contributed by atoms with Crippen LogP contribution in [0, 0.1) is 5.92 Å². The molecule has 1 fully saturated rings. The maximum atomic E-state index is 12.0. The number of nitrogens with zero attached hydrogens (tertiary/aromatic N) is 1. The van der Waals surface area contributed by atoms with Crippen molar-refractivity contribution < 1.29 is 19.8 Å². The highest BCUT2D eigenvalue weighted by molar-refractivity contribution is 5.91. The lowest BCUT2D eigenvalue weighted by molar-refractivity contribution is 0.0697. The maximum absolute atomic E-state index is 12.0. The van der Waals surface area contributed by atoms with Gasteiger partial charge in [-0.2, -0.15) is 0 Å². The zero-order valence-corrected chi connectivity index (χ0v) is 11.1. The molecular weight excluding hydrogens is 260 g/mol. The summed E-state index contributed by atoms with van der Waals surface area (Å²) in [4.78, 5) is 24.4. The van der Waals surface area contributed by atoms with Gasteiger partial charge in [0.2, 0.25) is 0 Å². The van der Waals surface area contributed by atoms with Crippen molar-refractivity contribution in [1.29, 1.82) is 0 Å². The highest BCUT2D eigenvalue weighted by Crippen LogP contribution is 2.17. The lowest BCUT2D eigenvalue weighted by Crippen LogP contribution is -2.41. The van der Waals surface area contributed by atoms with Gasteiger partial charge in [0, 0.05) is 25.4 Å². The molecule has 1 aromatic rings. The second kappa shape index (κ2) is 6.38. The lowest BCUT2D eigenvalue weighted by atomic mass is 9.98. The molecule has 0 saturated carbocycles. The summed E-state index contributed by atoms with van der Waals surface area (Å²) < 4.78 is 0. The summed E-state index contributed by atoms with van der Waals surface area (Å²) in [5.74, 6) is -0.706. The third kappa shape index (κ3) is 3.48. The molecule has 1 aromatic carbocycles. The van der Waals surface area contributed by atoms with Gasteiger partial charge in [-0.3, -0.25) is 0 Å². The molecule has 0 aliphatic carbocycles. The van der Waals surface area contributed by atoms with Crippen LogP contribution in [0.1, 0.15) is 23.2 Å². The number of aliphatic hydroxyl groups excluding tert-OH is 1. The summed E-state index contributed by atoms with van der Waals surface area (Å²) in [5, 5.41) is 20.6. The first-order chi connectivity index (χ1) is 9.60. The molecule has 6 nitrogen and oxygen atoms in total. The summed E-state index contributed by atoms with van der Waals surface area (Å²) in [6, 6.07) is 5.86. The van der Waals surface area contributed by atoms with Crippen LogP contribution < -0.4 is 5.32 Å². The van der Waals surface area contributed by atoms with Gasteiger partial charge in [0.1, 0.15) is 0 Å². The summed E-state index contributed by atoms with van der Waals surface area (Å²) in [5.41, 5.74) is 0.760. The van der Waals surface area contributed by atoms with Crippen LogP contribution in [0.15, 0.2) is 24.3 Å². The van der Waals surface area contributed by atoms with Crippen LogP contribution in [-0.2, 0) is 0 Å². The van der Waals surface area contributed by atoms with E-state index in [0.29, 0.717) is 18.8 Å². The van der Waals surface area contributed by atoms with Crippen molar-refractivity contribution in [2.45, 2.75) is 12.8 Å². The number of hydrogen-bond donors (Lipinski definition) is 3. The number of anilines is 1. The molecule has 1 aliphatic heterocycles. The maximum Gasteiger partial charge on any atom is 0.335 e. The number of carboxylic acids is 1. The van der Waals surface area contributed by atoms with Crippen LogP contribution in [0.2, 0.25) is 0 Å². The number of aromatic carboxylic acids is 1. The largest absolute Gasteiger partial charge is 0.478 e. The van der Waals surface area contributed by atoms with Crippen LogP contribution in [0.25, 0.3) is 0 Å². The Morgan fingerprint density at radius 3 is 2.30 bits per heavy atom. The number of hydrogen-bond acceptors (Lipinski definition) is 3. The van der Waals surface area contributed by atoms with E-state index >= 15 is 0 Å². The zero-order valence-electron chi connectivity index (χ0n) is 11.1. The van der Waals surface area contributed by atoms with Gasteiger partial charge in [0.25, 0.3) is 0 Å². The van der Waals surface area contributed by atoms with E-state index in [1.165, 1.54) is 12.1 Å². The molecular formula is C14H18N2O4. The third-order valence-electron chi connectivity index (χ3n) is 3.54. The molecule has 0 atom stereocenters. The molecule has 1 heterocycles. The monoisotopic (exact) mass is 278 g/mol. The average molecular weight is 278 g/mol. The van der Waals surface area contributed by atoms with Crippen molar-refractivity contribution in [1.82, 2.24) is 4.90 Å². The first-order valence-electron chi connectivity index (χ1n) is 6.60. The SMILES string of the molecule is O=C(O)c1ccc(NC(=O)N2CCC(CO)CC2)cc1. The van der Waals surface area contributed by atoms with E-state index in [4.69, 9.17) is 10.2 Å². The molecule has 0 unspecified atom stereocenters. The van der Waals surface area contributed by atoms with Crippen LogP contribution in [-0.4, -0.2) is 46.8 Å². The molecule has 2 amide bonds. The van der Waals surface area contributed by atoms with Gasteiger partial charge in [-0.15, -0.1) is 0 Å². The molecule has 1 aliphatic rings. The van der Waals surface area contributed by atoms with Crippen molar-refractivity contribution in [3.8, 4) is 0 Å². The fourth-order valence-corrected chi connectivity index (χ4v) is 2.22. The molecule has 0 aromatic heterocycles. The molecule has 6 heteroatoms. The molecule has 0 spiro atoms. The van der Waals surface area contributed by atoms with Gasteiger partial charge in [0.05, 0.1) is 5.56 Å². The van der Waals surface area contributed by atoms with Crippen LogP contribution >= 0.6 is 0 Å². The Hall–Kier alpha value is -2.08. The highest BCUT2D eigenvalue weighted by Gasteiger charge is 2.22. The Morgan fingerprint density at radius 2 is 1.80 bits per heavy atom. The molecule has 108 valence electrons. The highest BCUT2D eigenvalue weighted by atomic mass is 16.4. The number of likely N-dealkylation sites (tertiary alicyclic amines) is 1. The molecule has 3 N–H and O–H groups in total. The Labute approximate surface area is 117 Å². The predicted octanol–water partition coefficient (Wildman–Crippen LogP) is 1.62. The normalized spacial score (nSPS) is 15.9. The Kier molecular flexibility index (Phi) is 4.57. The van der Waals surface area contributed by atoms with Crippen molar-refractivity contribution in [2.75, 3.05) is 25.0 Å². The molecule has 0 bridgehead atoms. The lowest BCUT2D eigenvalue weighted by Gasteiger charge is -2.31. The minimum Gasteiger partial charge on any atom is -0.478 e. The summed E-state index contributed by atoms with van der Waals surface area (Å²) >= 11 is 0. The smallest absolute Gasteiger partial charge is 0.335 e. The van der Waals surface area contributed by atoms with Gasteiger partial charge < -0.3 is 20.4 Å². The van der Waals surface area contributed by atoms with Crippen molar-refractivity contribution in [2.24, 2.45) is 5.92 Å². The summed E-state index contributed by atoms with van der Waals surface area (Å²) in [6.45, 7) is 1.43. The minimum atomic E-state index is -0.992. The number of rotatable bonds is 3. The number of urea groups is 1. The van der Waals surface area contributed by atoms with E-state index in [-0.39, 0.29) is 24.1 Å². The standard InChI is InChI=1S/C14H18N2O4/c17-9-10-5-7-16(8-6-10)14(20)15-12-3-1-11(2-4-12)13(18)19/h1-4,10,17H,5-9H2,(H,15,20)(H,18,19). The minimum absolute atomic E-state index is 0.173. The Morgan fingerprint density at radius 1 is 1.20 bits per heavy atom. The number of amides is 2. The van der Waals surface area contributed by atoms with Crippen LogP contribution in [0.5, 0.6) is 0 Å². The van der Waals surface area contributed by atoms with Crippen molar-refractivity contribution >= 4 is 17.7 Å². The van der Waals surface area contributed by atoms with Crippen molar-refractivity contribution in [3.05, 3.63) is 29.8 Å². The number of benzene rings is 1. The van der Waals surface area contributed by atoms with Crippen LogP contribution in [0.4, 0.5) is 10.5 Å². The third-order valence-corrected chi connectivity index (χ3v) is 3.54. The van der Waals surface area contributed by atoms with Gasteiger partial charge >= 0.3 is 12.0 Å². The zero-order chi connectivity index (χ0) is 14.5. The molecule has 0 radical (unpaired) electrons. The average Bonchev–Trinajstić information content (AvgIpc) is 2.48. The molecule has 20 heavy (non-hydrogen) atoms. The van der Waals surface area contributed by atoms with E-state index < -0.39 is 5.97 Å². The second-order valence-corrected chi connectivity index (χ2v) is 4.93. The first kappa shape index (κ1) is 14.3. The number of piperidine rings is 1. The van der Waals surface area contributed by atoms with Gasteiger partial charge in [-0.1, -0.05) is 0 Å². The van der Waals surface area contributed by atoms with E-state index in [1.54, 1.807) is 17.0 Å². The summed E-state index contributed by atoms with van der Waals surface area (Å²) in [6.07, 6.45) is 1.61.